The summed E-state index contributed by atoms with van der Waals surface area (Å²) in [4.78, 5) is 28.9. The van der Waals surface area contributed by atoms with E-state index < -0.39 is 5.97 Å². The van der Waals surface area contributed by atoms with Crippen molar-refractivity contribution in [1.82, 2.24) is 19.6 Å². The Morgan fingerprint density at radius 3 is 2.88 bits per heavy atom. The molecule has 0 aliphatic carbocycles. The van der Waals surface area contributed by atoms with Gasteiger partial charge in [0.1, 0.15) is 0 Å². The molecule has 0 unspecified atom stereocenters. The number of hydrogen-bond acceptors (Lipinski definition) is 8. The van der Waals surface area contributed by atoms with E-state index in [9.17, 15) is 9.59 Å². The molecule has 8 nitrogen and oxygen atoms in total. The van der Waals surface area contributed by atoms with Crippen molar-refractivity contribution in [2.45, 2.75) is 12.1 Å². The smallest absolute Gasteiger partial charge is 0.338 e. The summed E-state index contributed by atoms with van der Waals surface area (Å²) in [6, 6.07) is 17.0. The van der Waals surface area contributed by atoms with Gasteiger partial charge in [-0.2, -0.15) is 0 Å². The van der Waals surface area contributed by atoms with Crippen LogP contribution in [0.1, 0.15) is 17.3 Å². The van der Waals surface area contributed by atoms with Crippen LogP contribution in [0.3, 0.4) is 0 Å². The number of thioether (sulfide) groups is 1. The van der Waals surface area contributed by atoms with E-state index in [0.717, 1.165) is 21.3 Å². The Labute approximate surface area is 190 Å². The summed E-state index contributed by atoms with van der Waals surface area (Å²) in [5.41, 5.74) is 2.79. The van der Waals surface area contributed by atoms with Crippen molar-refractivity contribution in [1.29, 1.82) is 0 Å². The van der Waals surface area contributed by atoms with Gasteiger partial charge in [-0.3, -0.25) is 9.20 Å². The predicted molar refractivity (Wildman–Crippen MR) is 125 cm³/mol. The first-order valence-electron chi connectivity index (χ1n) is 9.85. The second-order valence-corrected chi connectivity index (χ2v) is 8.80. The molecule has 160 valence electrons. The van der Waals surface area contributed by atoms with Gasteiger partial charge in [0, 0.05) is 0 Å². The van der Waals surface area contributed by atoms with Crippen molar-refractivity contribution in [2.24, 2.45) is 0 Å². The number of nitrogens with zero attached hydrogens (tertiary/aromatic N) is 4. The van der Waals surface area contributed by atoms with Gasteiger partial charge in [-0.1, -0.05) is 41.3 Å². The van der Waals surface area contributed by atoms with Crippen LogP contribution in [0.25, 0.3) is 26.8 Å². The highest BCUT2D eigenvalue weighted by atomic mass is 32.2. The van der Waals surface area contributed by atoms with Gasteiger partial charge in [0.05, 0.1) is 33.7 Å². The van der Waals surface area contributed by atoms with E-state index in [1.54, 1.807) is 25.1 Å². The molecule has 0 spiro atoms. The number of ether oxygens (including phenoxy) is 1. The molecule has 5 aromatic rings. The molecule has 0 aliphatic heterocycles. The first kappa shape index (κ1) is 20.4. The standard InChI is InChI=1S/C22H17N5O3S2/c1-2-30-20(29)14-7-9-17-15(11-14)23-21(32-17)24-19(28)12-31-22-26-25-18-10-8-13-5-3-4-6-16(13)27(18)22/h3-11H,2,12H2,1H3,(H,23,24,28). The lowest BCUT2D eigenvalue weighted by molar-refractivity contribution is -0.113. The zero-order chi connectivity index (χ0) is 22.1. The Morgan fingerprint density at radius 2 is 2.00 bits per heavy atom. The topological polar surface area (TPSA) is 98.5 Å². The van der Waals surface area contributed by atoms with Crippen molar-refractivity contribution in [3.8, 4) is 0 Å². The Morgan fingerprint density at radius 1 is 1.12 bits per heavy atom. The number of pyridine rings is 1. The second-order valence-electron chi connectivity index (χ2n) is 6.83. The summed E-state index contributed by atoms with van der Waals surface area (Å²) < 4.78 is 7.84. The molecule has 10 heteroatoms. The lowest BCUT2D eigenvalue weighted by atomic mass is 10.2. The average molecular weight is 464 g/mol. The molecule has 0 aliphatic rings. The molecule has 3 heterocycles. The number of fused-ring (bicyclic) bond motifs is 4. The van der Waals surface area contributed by atoms with E-state index in [1.807, 2.05) is 40.8 Å². The minimum atomic E-state index is -0.391. The molecule has 0 saturated carbocycles. The normalized spacial score (nSPS) is 11.3. The molecule has 0 fully saturated rings. The number of amides is 1. The lowest BCUT2D eigenvalue weighted by Crippen LogP contribution is -2.14. The molecular formula is C22H17N5O3S2. The molecule has 1 N–H and O–H groups in total. The maximum atomic E-state index is 12.5. The minimum Gasteiger partial charge on any atom is -0.462 e. The molecule has 0 saturated heterocycles. The van der Waals surface area contributed by atoms with Gasteiger partial charge in [0.25, 0.3) is 0 Å². The maximum absolute atomic E-state index is 12.5. The van der Waals surface area contributed by atoms with Gasteiger partial charge in [0.2, 0.25) is 5.91 Å². The summed E-state index contributed by atoms with van der Waals surface area (Å²) in [6.45, 7) is 2.07. The van der Waals surface area contributed by atoms with Crippen LogP contribution in [0.4, 0.5) is 5.13 Å². The average Bonchev–Trinajstić information content (AvgIpc) is 3.40. The highest BCUT2D eigenvalue weighted by Gasteiger charge is 2.14. The molecule has 2 aromatic carbocycles. The number of aromatic nitrogens is 4. The lowest BCUT2D eigenvalue weighted by Gasteiger charge is -2.04. The number of carbonyl (C=O) groups excluding carboxylic acids is 2. The van der Waals surface area contributed by atoms with Gasteiger partial charge < -0.3 is 10.1 Å². The fraction of sp³-hybridized carbons (Fsp3) is 0.136. The molecule has 0 atom stereocenters. The first-order chi connectivity index (χ1) is 15.6. The van der Waals surface area contributed by atoms with Gasteiger partial charge in [-0.15, -0.1) is 10.2 Å². The molecule has 0 bridgehead atoms. The van der Waals surface area contributed by atoms with E-state index in [4.69, 9.17) is 4.74 Å². The number of thiazole rings is 1. The summed E-state index contributed by atoms with van der Waals surface area (Å²) >= 11 is 2.66. The van der Waals surface area contributed by atoms with Crippen molar-refractivity contribution in [3.63, 3.8) is 0 Å². The van der Waals surface area contributed by atoms with E-state index in [1.165, 1.54) is 23.1 Å². The number of benzene rings is 2. The number of hydrogen-bond donors (Lipinski definition) is 1. The molecule has 32 heavy (non-hydrogen) atoms. The molecule has 5 rings (SSSR count). The Kier molecular flexibility index (Phi) is 5.46. The predicted octanol–water partition coefficient (Wildman–Crippen LogP) is 4.40. The van der Waals surface area contributed by atoms with Crippen LogP contribution in [0.5, 0.6) is 0 Å². The van der Waals surface area contributed by atoms with Crippen LogP contribution in [-0.4, -0.2) is 43.8 Å². The summed E-state index contributed by atoms with van der Waals surface area (Å²) in [7, 11) is 0. The van der Waals surface area contributed by atoms with E-state index in [0.29, 0.717) is 28.0 Å². The van der Waals surface area contributed by atoms with Crippen LogP contribution in [0.2, 0.25) is 0 Å². The van der Waals surface area contributed by atoms with E-state index >= 15 is 0 Å². The quantitative estimate of drug-likeness (QED) is 0.294. The number of carbonyl (C=O) groups is 2. The second kappa shape index (κ2) is 8.56. The first-order valence-corrected chi connectivity index (χ1v) is 11.7. The number of anilines is 1. The van der Waals surface area contributed by atoms with Crippen LogP contribution in [0, 0.1) is 0 Å². The van der Waals surface area contributed by atoms with Crippen LogP contribution in [0.15, 0.2) is 59.8 Å². The monoisotopic (exact) mass is 463 g/mol. The summed E-state index contributed by atoms with van der Waals surface area (Å²) in [5, 5.41) is 13.5. The fourth-order valence-electron chi connectivity index (χ4n) is 3.31. The highest BCUT2D eigenvalue weighted by Crippen LogP contribution is 2.28. The van der Waals surface area contributed by atoms with E-state index in [-0.39, 0.29) is 11.7 Å². The van der Waals surface area contributed by atoms with Crippen LogP contribution in [-0.2, 0) is 9.53 Å². The number of rotatable bonds is 6. The van der Waals surface area contributed by atoms with Crippen LogP contribution >= 0.6 is 23.1 Å². The zero-order valence-electron chi connectivity index (χ0n) is 16.9. The van der Waals surface area contributed by atoms with Crippen molar-refractivity contribution in [3.05, 3.63) is 60.2 Å². The van der Waals surface area contributed by atoms with Gasteiger partial charge in [-0.25, -0.2) is 9.78 Å². The third-order valence-electron chi connectivity index (χ3n) is 4.73. The van der Waals surface area contributed by atoms with Gasteiger partial charge in [-0.05, 0) is 48.7 Å². The summed E-state index contributed by atoms with van der Waals surface area (Å²) in [5.74, 6) is -0.428. The van der Waals surface area contributed by atoms with Crippen molar-refractivity contribution < 1.29 is 14.3 Å². The van der Waals surface area contributed by atoms with E-state index in [2.05, 4.69) is 20.5 Å². The Bertz CT molecular complexity index is 1480. The molecule has 0 radical (unpaired) electrons. The summed E-state index contributed by atoms with van der Waals surface area (Å²) in [6.07, 6.45) is 0. The third-order valence-corrected chi connectivity index (χ3v) is 6.61. The Balaban J connectivity index is 1.31. The number of para-hydroxylation sites is 1. The molecular weight excluding hydrogens is 446 g/mol. The maximum Gasteiger partial charge on any atom is 0.338 e. The third kappa shape index (κ3) is 3.90. The molecule has 3 aromatic heterocycles. The van der Waals surface area contributed by atoms with Crippen molar-refractivity contribution >= 4 is 66.9 Å². The van der Waals surface area contributed by atoms with Gasteiger partial charge in [0.15, 0.2) is 15.9 Å². The Hall–Kier alpha value is -3.50. The number of nitrogens with one attached hydrogen (secondary N) is 1. The fourth-order valence-corrected chi connectivity index (χ4v) is 4.93. The molecule has 1 amide bonds. The highest BCUT2D eigenvalue weighted by molar-refractivity contribution is 7.99. The largest absolute Gasteiger partial charge is 0.462 e. The van der Waals surface area contributed by atoms with Crippen LogP contribution < -0.4 is 5.32 Å². The van der Waals surface area contributed by atoms with Crippen molar-refractivity contribution in [2.75, 3.05) is 17.7 Å². The van der Waals surface area contributed by atoms with Gasteiger partial charge >= 0.3 is 5.97 Å². The number of esters is 1. The minimum absolute atomic E-state index is 0.161. The SMILES string of the molecule is CCOC(=O)c1ccc2sc(NC(=O)CSc3nnc4ccc5ccccc5n34)nc2c1. The zero-order valence-corrected chi connectivity index (χ0v) is 18.6.